The number of fused-ring (bicyclic) bond motifs is 2. The molecule has 2 fully saturated rings. The van der Waals surface area contributed by atoms with Gasteiger partial charge in [-0.25, -0.2) is 14.8 Å². The Bertz CT molecular complexity index is 1600. The summed E-state index contributed by atoms with van der Waals surface area (Å²) in [6.07, 6.45) is 7.13. The fraction of sp³-hybridized carbons (Fsp3) is 0.615. The third-order valence-corrected chi connectivity index (χ3v) is 9.27. The van der Waals surface area contributed by atoms with E-state index in [1.54, 1.807) is 18.3 Å². The molecule has 12 nitrogen and oxygen atoms in total. The van der Waals surface area contributed by atoms with Gasteiger partial charge in [-0.3, -0.25) is 0 Å². The number of hydrogen-bond acceptors (Lipinski definition) is 11. The van der Waals surface area contributed by atoms with Crippen molar-refractivity contribution >= 4 is 28.5 Å². The molecule has 1 unspecified atom stereocenters. The molecule has 3 aliphatic rings. The minimum Gasteiger partial charge on any atom is -0.487 e. The first-order valence-electron chi connectivity index (χ1n) is 18.6. The highest BCUT2D eigenvalue weighted by Crippen LogP contribution is 2.47. The van der Waals surface area contributed by atoms with Crippen molar-refractivity contribution in [1.29, 1.82) is 0 Å². The minimum absolute atomic E-state index is 0.0372. The summed E-state index contributed by atoms with van der Waals surface area (Å²) < 4.78 is 35.4. The van der Waals surface area contributed by atoms with Gasteiger partial charge < -0.3 is 43.5 Å². The Morgan fingerprint density at radius 1 is 1.08 bits per heavy atom. The van der Waals surface area contributed by atoms with Crippen LogP contribution < -0.4 is 19.7 Å². The summed E-state index contributed by atoms with van der Waals surface area (Å²) in [7, 11) is 1.75. The molecule has 1 aliphatic carbocycles. The first-order valence-corrected chi connectivity index (χ1v) is 18.6. The van der Waals surface area contributed by atoms with Crippen molar-refractivity contribution in [1.82, 2.24) is 14.9 Å². The summed E-state index contributed by atoms with van der Waals surface area (Å²) in [5.74, 6) is 2.95. The molecule has 1 saturated carbocycles. The van der Waals surface area contributed by atoms with E-state index in [0.29, 0.717) is 51.9 Å². The molecule has 3 heterocycles. The molecule has 1 saturated heterocycles. The van der Waals surface area contributed by atoms with Crippen LogP contribution in [0.25, 0.3) is 10.9 Å². The van der Waals surface area contributed by atoms with Crippen molar-refractivity contribution < 1.29 is 33.2 Å². The maximum Gasteiger partial charge on any atom is 0.410 e. The van der Waals surface area contributed by atoms with Crippen LogP contribution in [0.3, 0.4) is 0 Å². The Morgan fingerprint density at radius 2 is 1.90 bits per heavy atom. The molecule has 278 valence electrons. The number of amides is 1. The number of carbonyl (C=O) groups excluding carboxylic acids is 1. The predicted molar refractivity (Wildman–Crippen MR) is 197 cm³/mol. The Hall–Kier alpha value is -3.87. The molecule has 0 spiro atoms. The molecule has 1 N–H and O–H groups in total. The number of nitrogens with one attached hydrogen (secondary N) is 1. The highest BCUT2D eigenvalue weighted by atomic mass is 16.7. The van der Waals surface area contributed by atoms with Crippen LogP contribution >= 0.6 is 0 Å². The number of unbranched alkanes of at least 4 members (excludes halogenated alkanes) is 1. The maximum absolute atomic E-state index is 12.2. The highest BCUT2D eigenvalue weighted by Gasteiger charge is 2.31. The lowest BCUT2D eigenvalue weighted by molar-refractivity contribution is -0.0483. The molecule has 2 aliphatic heterocycles. The first kappa shape index (κ1) is 36.9. The fourth-order valence-corrected chi connectivity index (χ4v) is 6.37. The zero-order valence-electron chi connectivity index (χ0n) is 30.9. The van der Waals surface area contributed by atoms with E-state index in [9.17, 15) is 4.79 Å². The van der Waals surface area contributed by atoms with E-state index < -0.39 is 5.60 Å². The number of ether oxygens (including phenoxy) is 6. The summed E-state index contributed by atoms with van der Waals surface area (Å²) in [6.45, 7) is 13.7. The van der Waals surface area contributed by atoms with Crippen LogP contribution in [-0.4, -0.2) is 92.6 Å². The van der Waals surface area contributed by atoms with Gasteiger partial charge in [-0.1, -0.05) is 24.3 Å². The third-order valence-electron chi connectivity index (χ3n) is 9.27. The summed E-state index contributed by atoms with van der Waals surface area (Å²) >= 11 is 0. The Balaban J connectivity index is 1.11. The summed E-state index contributed by atoms with van der Waals surface area (Å²) in [5, 5.41) is 4.58. The lowest BCUT2D eigenvalue weighted by Gasteiger charge is -2.33. The van der Waals surface area contributed by atoms with E-state index in [4.69, 9.17) is 38.4 Å². The number of hydrogen-bond donors (Lipinski definition) is 1. The van der Waals surface area contributed by atoms with E-state index in [-0.39, 0.29) is 18.4 Å². The lowest BCUT2D eigenvalue weighted by atomic mass is 10.0. The van der Waals surface area contributed by atoms with Crippen LogP contribution in [0.1, 0.15) is 83.4 Å². The van der Waals surface area contributed by atoms with E-state index in [1.807, 2.05) is 20.8 Å². The average molecular weight is 706 g/mol. The van der Waals surface area contributed by atoms with Crippen LogP contribution in [0.4, 0.5) is 16.3 Å². The molecule has 51 heavy (non-hydrogen) atoms. The highest BCUT2D eigenvalue weighted by molar-refractivity contribution is 5.99. The molecular formula is C39H55N5O7. The van der Waals surface area contributed by atoms with Crippen LogP contribution in [-0.2, 0) is 25.6 Å². The second-order valence-corrected chi connectivity index (χ2v) is 14.8. The largest absolute Gasteiger partial charge is 0.487 e. The van der Waals surface area contributed by atoms with E-state index in [1.165, 1.54) is 12.8 Å². The van der Waals surface area contributed by atoms with Gasteiger partial charge in [0.2, 0.25) is 0 Å². The van der Waals surface area contributed by atoms with Crippen molar-refractivity contribution in [3.63, 3.8) is 0 Å². The van der Waals surface area contributed by atoms with Gasteiger partial charge in [-0.05, 0) is 89.3 Å². The second-order valence-electron chi connectivity index (χ2n) is 14.8. The maximum atomic E-state index is 12.2. The smallest absolute Gasteiger partial charge is 0.410 e. The molecule has 1 atom stereocenters. The summed E-state index contributed by atoms with van der Waals surface area (Å²) in [4.78, 5) is 25.7. The van der Waals surface area contributed by atoms with Gasteiger partial charge in [0.25, 0.3) is 0 Å². The van der Waals surface area contributed by atoms with Crippen LogP contribution in [0.5, 0.6) is 11.5 Å². The Morgan fingerprint density at radius 3 is 2.69 bits per heavy atom. The van der Waals surface area contributed by atoms with Crippen LogP contribution in [0, 0.1) is 5.92 Å². The molecule has 1 aromatic heterocycles. The molecule has 0 bridgehead atoms. The number of carbonyl (C=O) groups is 1. The van der Waals surface area contributed by atoms with Gasteiger partial charge in [-0.15, -0.1) is 0 Å². The Labute approximate surface area is 302 Å². The van der Waals surface area contributed by atoms with Crippen molar-refractivity contribution in [2.75, 3.05) is 69.9 Å². The quantitative estimate of drug-likeness (QED) is 0.145. The zero-order valence-corrected chi connectivity index (χ0v) is 30.9. The second kappa shape index (κ2) is 17.1. The average Bonchev–Trinajstić information content (AvgIpc) is 3.77. The molecule has 0 radical (unpaired) electrons. The molecule has 1 amide bonds. The predicted octanol–water partition coefficient (Wildman–Crippen LogP) is 7.11. The standard InChI is InChI=1S/C39H55N5O7/c1-27(30-11-8-10-29(22-30)25-46-17-9-15-43(5)38(45)51-39(2,3)4)42-37-31-23-32-35(50-19-16-44(32)24-28-13-14-28)36(34(31)40-26-41-37)49-18-7-6-12-33-47-20-21-48-33/h8,10-11,22-23,26-28,33H,6-7,9,12-21,24-25H2,1-5H3,(H,40,41,42). The number of aromatic nitrogens is 2. The fourth-order valence-electron chi connectivity index (χ4n) is 6.37. The molecule has 3 aromatic rings. The molecule has 12 heteroatoms. The minimum atomic E-state index is -0.511. The monoisotopic (exact) mass is 705 g/mol. The first-order chi connectivity index (χ1) is 24.6. The van der Waals surface area contributed by atoms with Crippen molar-refractivity contribution in [2.24, 2.45) is 5.92 Å². The van der Waals surface area contributed by atoms with Gasteiger partial charge in [0, 0.05) is 38.2 Å². The zero-order chi connectivity index (χ0) is 35.8. The van der Waals surface area contributed by atoms with E-state index in [0.717, 1.165) is 84.0 Å². The molecule has 6 rings (SSSR count). The normalized spacial score (nSPS) is 16.8. The molecular weight excluding hydrogens is 650 g/mol. The van der Waals surface area contributed by atoms with Gasteiger partial charge in [0.05, 0.1) is 38.7 Å². The van der Waals surface area contributed by atoms with Crippen molar-refractivity contribution in [3.05, 3.63) is 47.8 Å². The summed E-state index contributed by atoms with van der Waals surface area (Å²) in [5.41, 5.74) is 3.48. The number of nitrogens with zero attached hydrogens (tertiary/aromatic N) is 4. The van der Waals surface area contributed by atoms with Gasteiger partial charge >= 0.3 is 6.09 Å². The van der Waals surface area contributed by atoms with Gasteiger partial charge in [0.15, 0.2) is 17.8 Å². The van der Waals surface area contributed by atoms with Crippen molar-refractivity contribution in [2.45, 2.75) is 90.8 Å². The third kappa shape index (κ3) is 10.4. The topological polar surface area (TPSA) is 117 Å². The van der Waals surface area contributed by atoms with Gasteiger partial charge in [-0.2, -0.15) is 0 Å². The van der Waals surface area contributed by atoms with Crippen LogP contribution in [0.15, 0.2) is 36.7 Å². The van der Waals surface area contributed by atoms with Crippen molar-refractivity contribution in [3.8, 4) is 11.5 Å². The summed E-state index contributed by atoms with van der Waals surface area (Å²) in [6, 6.07) is 10.5. The SMILES string of the molecule is CC(Nc1ncnc2c(OCCCCC3OCCO3)c3c(cc12)N(CC1CC1)CCO3)c1cccc(COCCCN(C)C(=O)OC(C)(C)C)c1. The van der Waals surface area contributed by atoms with E-state index in [2.05, 4.69) is 47.5 Å². The lowest BCUT2D eigenvalue weighted by Crippen LogP contribution is -2.35. The number of anilines is 2. The van der Waals surface area contributed by atoms with Crippen LogP contribution in [0.2, 0.25) is 0 Å². The van der Waals surface area contributed by atoms with Gasteiger partial charge in [0.1, 0.15) is 29.9 Å². The number of rotatable bonds is 17. The Kier molecular flexibility index (Phi) is 12.4. The molecule has 2 aromatic carbocycles. The number of benzene rings is 2. The van der Waals surface area contributed by atoms with E-state index >= 15 is 0 Å².